The number of rotatable bonds is 3. The van der Waals surface area contributed by atoms with E-state index in [-0.39, 0.29) is 18.2 Å². The Balaban J connectivity index is 2.45. The molecular formula is C11H20N2O4. The molecule has 98 valence electrons. The lowest BCUT2D eigenvalue weighted by Crippen LogP contribution is -2.50. The fraction of sp³-hybridized carbons (Fsp3) is 0.818. The van der Waals surface area contributed by atoms with Crippen molar-refractivity contribution in [3.63, 3.8) is 0 Å². The second-order valence-electron chi connectivity index (χ2n) is 4.48. The summed E-state index contributed by atoms with van der Waals surface area (Å²) >= 11 is 0. The van der Waals surface area contributed by atoms with Crippen LogP contribution in [0.5, 0.6) is 0 Å². The van der Waals surface area contributed by atoms with Crippen molar-refractivity contribution in [3.05, 3.63) is 0 Å². The van der Waals surface area contributed by atoms with Gasteiger partial charge in [-0.2, -0.15) is 0 Å². The maximum Gasteiger partial charge on any atom is 0.326 e. The molecule has 17 heavy (non-hydrogen) atoms. The van der Waals surface area contributed by atoms with Crippen LogP contribution in [0.25, 0.3) is 0 Å². The van der Waals surface area contributed by atoms with Crippen molar-refractivity contribution in [1.82, 2.24) is 10.2 Å². The Morgan fingerprint density at radius 3 is 2.71 bits per heavy atom. The normalized spacial score (nSPS) is 26.1. The predicted molar refractivity (Wildman–Crippen MR) is 61.8 cm³/mol. The van der Waals surface area contributed by atoms with Gasteiger partial charge in [0, 0.05) is 19.7 Å². The number of nitrogens with zero attached hydrogens (tertiary/aromatic N) is 1. The van der Waals surface area contributed by atoms with Crippen LogP contribution in [-0.4, -0.2) is 53.8 Å². The molecule has 6 nitrogen and oxygen atoms in total. The molecule has 0 aromatic rings. The van der Waals surface area contributed by atoms with Crippen molar-refractivity contribution < 1.29 is 19.4 Å². The third kappa shape index (κ3) is 3.89. The Labute approximate surface area is 101 Å². The number of carbonyl (C=O) groups excluding carboxylic acids is 1. The van der Waals surface area contributed by atoms with Crippen LogP contribution in [0.1, 0.15) is 26.7 Å². The average Bonchev–Trinajstić information content (AvgIpc) is 2.26. The molecule has 3 atom stereocenters. The van der Waals surface area contributed by atoms with Crippen LogP contribution in [0, 0.1) is 0 Å². The summed E-state index contributed by atoms with van der Waals surface area (Å²) < 4.78 is 5.38. The van der Waals surface area contributed by atoms with E-state index in [0.717, 1.165) is 12.8 Å². The van der Waals surface area contributed by atoms with Gasteiger partial charge < -0.3 is 20.1 Å². The molecule has 1 aliphatic rings. The summed E-state index contributed by atoms with van der Waals surface area (Å²) in [6.07, 6.45) is 1.67. The molecule has 0 aromatic heterocycles. The molecule has 0 aromatic carbocycles. The summed E-state index contributed by atoms with van der Waals surface area (Å²) in [5.41, 5.74) is 0. The second-order valence-corrected chi connectivity index (χ2v) is 4.48. The van der Waals surface area contributed by atoms with Gasteiger partial charge in [-0.25, -0.2) is 9.59 Å². The summed E-state index contributed by atoms with van der Waals surface area (Å²) in [7, 11) is 1.48. The number of hydrogen-bond acceptors (Lipinski definition) is 3. The summed E-state index contributed by atoms with van der Waals surface area (Å²) in [5.74, 6) is -1.01. The third-order valence-corrected chi connectivity index (χ3v) is 3.07. The van der Waals surface area contributed by atoms with Gasteiger partial charge >= 0.3 is 12.0 Å². The van der Waals surface area contributed by atoms with Gasteiger partial charge in [0.2, 0.25) is 0 Å². The van der Waals surface area contributed by atoms with Crippen LogP contribution in [0.3, 0.4) is 0 Å². The summed E-state index contributed by atoms with van der Waals surface area (Å²) in [5, 5.41) is 11.6. The number of carbonyl (C=O) groups is 2. The van der Waals surface area contributed by atoms with Gasteiger partial charge in [-0.1, -0.05) is 0 Å². The van der Waals surface area contributed by atoms with E-state index in [9.17, 15) is 9.59 Å². The largest absolute Gasteiger partial charge is 0.480 e. The minimum absolute atomic E-state index is 0.0645. The molecule has 1 aliphatic heterocycles. The van der Waals surface area contributed by atoms with Crippen LogP contribution in [0.15, 0.2) is 0 Å². The minimum Gasteiger partial charge on any atom is -0.480 e. The highest BCUT2D eigenvalue weighted by atomic mass is 16.5. The Kier molecular flexibility index (Phi) is 4.74. The van der Waals surface area contributed by atoms with Crippen molar-refractivity contribution in [2.45, 2.75) is 44.9 Å². The molecule has 0 radical (unpaired) electrons. The first-order valence-electron chi connectivity index (χ1n) is 5.79. The molecule has 0 spiro atoms. The van der Waals surface area contributed by atoms with E-state index in [2.05, 4.69) is 5.32 Å². The molecule has 1 fully saturated rings. The fourth-order valence-electron chi connectivity index (χ4n) is 1.75. The lowest BCUT2D eigenvalue weighted by molar-refractivity contribution is -0.141. The number of aliphatic carboxylic acids is 1. The van der Waals surface area contributed by atoms with Gasteiger partial charge in [0.1, 0.15) is 6.04 Å². The number of urea groups is 1. The monoisotopic (exact) mass is 244 g/mol. The minimum atomic E-state index is -1.01. The van der Waals surface area contributed by atoms with Gasteiger partial charge in [0.25, 0.3) is 0 Å². The van der Waals surface area contributed by atoms with E-state index in [4.69, 9.17) is 9.84 Å². The maximum atomic E-state index is 11.8. The average molecular weight is 244 g/mol. The van der Waals surface area contributed by atoms with Crippen molar-refractivity contribution in [2.75, 3.05) is 13.7 Å². The number of hydrogen-bond donors (Lipinski definition) is 2. The van der Waals surface area contributed by atoms with Gasteiger partial charge in [0.05, 0.1) is 6.10 Å². The molecule has 3 unspecified atom stereocenters. The first kappa shape index (κ1) is 13.8. The van der Waals surface area contributed by atoms with Gasteiger partial charge in [-0.15, -0.1) is 0 Å². The van der Waals surface area contributed by atoms with E-state index in [1.165, 1.54) is 18.9 Å². The summed E-state index contributed by atoms with van der Waals surface area (Å²) in [4.78, 5) is 23.7. The SMILES string of the molecule is CC1CC(NC(=O)N(C)C(C)C(=O)O)CCO1. The molecule has 1 heterocycles. The Hall–Kier alpha value is -1.30. The van der Waals surface area contributed by atoms with E-state index < -0.39 is 12.0 Å². The van der Waals surface area contributed by atoms with E-state index in [1.54, 1.807) is 0 Å². The van der Waals surface area contributed by atoms with Crippen LogP contribution in [-0.2, 0) is 9.53 Å². The van der Waals surface area contributed by atoms with Crippen molar-refractivity contribution >= 4 is 12.0 Å². The zero-order valence-corrected chi connectivity index (χ0v) is 10.5. The predicted octanol–water partition coefficient (Wildman–Crippen LogP) is 0.668. The van der Waals surface area contributed by atoms with E-state index in [1.807, 2.05) is 6.92 Å². The summed E-state index contributed by atoms with van der Waals surface area (Å²) in [6, 6.07) is -1.11. The van der Waals surface area contributed by atoms with Crippen LogP contribution in [0.2, 0.25) is 0 Å². The lowest BCUT2D eigenvalue weighted by atomic mass is 10.0. The van der Waals surface area contributed by atoms with E-state index in [0.29, 0.717) is 6.61 Å². The molecule has 1 rings (SSSR count). The summed E-state index contributed by atoms with van der Waals surface area (Å²) in [6.45, 7) is 4.07. The van der Waals surface area contributed by atoms with Crippen LogP contribution >= 0.6 is 0 Å². The Morgan fingerprint density at radius 1 is 1.53 bits per heavy atom. The first-order chi connectivity index (χ1) is 7.91. The first-order valence-corrected chi connectivity index (χ1v) is 5.79. The second kappa shape index (κ2) is 5.86. The van der Waals surface area contributed by atoms with Crippen molar-refractivity contribution in [3.8, 4) is 0 Å². The number of carboxylic acid groups (broad SMARTS) is 1. The van der Waals surface area contributed by atoms with Gasteiger partial charge in [-0.05, 0) is 26.7 Å². The maximum absolute atomic E-state index is 11.8. The van der Waals surface area contributed by atoms with Gasteiger partial charge in [-0.3, -0.25) is 0 Å². The molecule has 0 aliphatic carbocycles. The zero-order chi connectivity index (χ0) is 13.0. The molecular weight excluding hydrogens is 224 g/mol. The Morgan fingerprint density at radius 2 is 2.18 bits per heavy atom. The van der Waals surface area contributed by atoms with Crippen molar-refractivity contribution in [2.24, 2.45) is 0 Å². The fourth-order valence-corrected chi connectivity index (χ4v) is 1.75. The zero-order valence-electron chi connectivity index (χ0n) is 10.5. The topological polar surface area (TPSA) is 78.9 Å². The molecule has 1 saturated heterocycles. The number of nitrogens with one attached hydrogen (secondary N) is 1. The van der Waals surface area contributed by atoms with Crippen molar-refractivity contribution in [1.29, 1.82) is 0 Å². The number of carboxylic acids is 1. The number of likely N-dealkylation sites (N-methyl/N-ethyl adjacent to an activating group) is 1. The highest BCUT2D eigenvalue weighted by molar-refractivity contribution is 5.82. The number of ether oxygens (including phenoxy) is 1. The molecule has 0 saturated carbocycles. The van der Waals surface area contributed by atoms with Gasteiger partial charge in [0.15, 0.2) is 0 Å². The molecule has 2 N–H and O–H groups in total. The van der Waals surface area contributed by atoms with Crippen LogP contribution in [0.4, 0.5) is 4.79 Å². The highest BCUT2D eigenvalue weighted by Crippen LogP contribution is 2.13. The number of amides is 2. The van der Waals surface area contributed by atoms with Crippen LogP contribution < -0.4 is 5.32 Å². The standard InChI is InChI=1S/C11H20N2O4/c1-7-6-9(4-5-17-7)12-11(16)13(3)8(2)10(14)15/h7-9H,4-6H2,1-3H3,(H,12,16)(H,14,15). The molecule has 6 heteroatoms. The molecule has 0 bridgehead atoms. The third-order valence-electron chi connectivity index (χ3n) is 3.07. The smallest absolute Gasteiger partial charge is 0.326 e. The Bertz CT molecular complexity index is 295. The van der Waals surface area contributed by atoms with E-state index >= 15 is 0 Å². The molecule has 2 amide bonds. The highest BCUT2D eigenvalue weighted by Gasteiger charge is 2.26. The quantitative estimate of drug-likeness (QED) is 0.764. The lowest BCUT2D eigenvalue weighted by Gasteiger charge is -2.30.